The molecule has 7 nitrogen and oxygen atoms in total. The van der Waals surface area contributed by atoms with Crippen LogP contribution in [0.2, 0.25) is 0 Å². The number of nitrogens with zero attached hydrogens (tertiary/aromatic N) is 2. The van der Waals surface area contributed by atoms with Gasteiger partial charge in [0.15, 0.2) is 5.82 Å². The first-order chi connectivity index (χ1) is 16.6. The standard InChI is InChI=1S/C26H30F2N4O3/c1-13-6-16(18-4-5-29-24-22(18)20(28)10-31-24)7-19(27)23(13)26(35)14(2)11-32(12-15(26)3)25(34)21-8-17(33)9-30-21/h4-7,10,14-15,17,21,30,33,35H,8-9,11-12H2,1-3H3,(H,29,31)/t14-,15+,17-,21-,26?/m0/s1. The van der Waals surface area contributed by atoms with Crippen LogP contribution in [0.15, 0.2) is 30.6 Å². The summed E-state index contributed by atoms with van der Waals surface area (Å²) in [4.78, 5) is 21.6. The summed E-state index contributed by atoms with van der Waals surface area (Å²) in [6.07, 6.45) is 2.58. The molecule has 2 aliphatic rings. The van der Waals surface area contributed by atoms with Gasteiger partial charge in [0.2, 0.25) is 5.91 Å². The van der Waals surface area contributed by atoms with E-state index in [9.17, 15) is 19.4 Å². The molecule has 4 N–H and O–H groups in total. The molecule has 2 fully saturated rings. The van der Waals surface area contributed by atoms with Crippen molar-refractivity contribution in [3.05, 3.63) is 53.4 Å². The molecule has 0 saturated carbocycles. The Bertz CT molecular complexity index is 1260. The molecule has 4 heterocycles. The number of β-amino-alcohol motifs (C(OH)–C–C–N with tert-alkyl or cyclic N) is 1. The highest BCUT2D eigenvalue weighted by Crippen LogP contribution is 2.45. The minimum absolute atomic E-state index is 0.106. The van der Waals surface area contributed by atoms with Crippen molar-refractivity contribution in [1.29, 1.82) is 0 Å². The van der Waals surface area contributed by atoms with Crippen molar-refractivity contribution >= 4 is 16.9 Å². The van der Waals surface area contributed by atoms with Gasteiger partial charge >= 0.3 is 0 Å². The van der Waals surface area contributed by atoms with E-state index in [1.54, 1.807) is 24.0 Å². The molecule has 0 spiro atoms. The number of rotatable bonds is 3. The third kappa shape index (κ3) is 3.82. The van der Waals surface area contributed by atoms with E-state index in [0.29, 0.717) is 35.3 Å². The van der Waals surface area contributed by atoms with E-state index in [2.05, 4.69) is 15.3 Å². The highest BCUT2D eigenvalue weighted by molar-refractivity contribution is 5.93. The Kier molecular flexibility index (Phi) is 5.89. The van der Waals surface area contributed by atoms with Gasteiger partial charge in [-0.15, -0.1) is 0 Å². The topological polar surface area (TPSA) is 101 Å². The maximum Gasteiger partial charge on any atom is 0.239 e. The molecule has 186 valence electrons. The van der Waals surface area contributed by atoms with Crippen LogP contribution in [0.5, 0.6) is 0 Å². The maximum atomic E-state index is 15.7. The quantitative estimate of drug-likeness (QED) is 0.458. The van der Waals surface area contributed by atoms with Crippen LogP contribution >= 0.6 is 0 Å². The van der Waals surface area contributed by atoms with Crippen molar-refractivity contribution in [3.8, 4) is 11.1 Å². The molecule has 0 aliphatic carbocycles. The summed E-state index contributed by atoms with van der Waals surface area (Å²) in [5.74, 6) is -2.01. The predicted molar refractivity (Wildman–Crippen MR) is 127 cm³/mol. The number of aromatic amines is 1. The second kappa shape index (κ2) is 8.65. The number of aromatic nitrogens is 2. The summed E-state index contributed by atoms with van der Waals surface area (Å²) in [7, 11) is 0. The van der Waals surface area contributed by atoms with E-state index in [-0.39, 0.29) is 29.9 Å². The molecule has 1 unspecified atom stereocenters. The lowest BCUT2D eigenvalue weighted by atomic mass is 9.69. The number of hydrogen-bond acceptors (Lipinski definition) is 5. The smallest absolute Gasteiger partial charge is 0.239 e. The number of carbonyl (C=O) groups is 1. The number of amides is 1. The fraction of sp³-hybridized carbons (Fsp3) is 0.462. The molecule has 0 radical (unpaired) electrons. The molecule has 35 heavy (non-hydrogen) atoms. The number of nitrogens with one attached hydrogen (secondary N) is 2. The van der Waals surface area contributed by atoms with E-state index < -0.39 is 41.2 Å². The van der Waals surface area contributed by atoms with Gasteiger partial charge in [-0.1, -0.05) is 19.9 Å². The Morgan fingerprint density at radius 2 is 1.91 bits per heavy atom. The van der Waals surface area contributed by atoms with Crippen molar-refractivity contribution in [1.82, 2.24) is 20.2 Å². The van der Waals surface area contributed by atoms with Crippen LogP contribution in [-0.2, 0) is 10.4 Å². The minimum Gasteiger partial charge on any atom is -0.392 e. The molecule has 2 saturated heterocycles. The van der Waals surface area contributed by atoms with Gasteiger partial charge in [0.1, 0.15) is 17.1 Å². The predicted octanol–water partition coefficient (Wildman–Crippen LogP) is 2.84. The van der Waals surface area contributed by atoms with E-state index in [4.69, 9.17) is 0 Å². The lowest BCUT2D eigenvalue weighted by Gasteiger charge is -2.49. The SMILES string of the molecule is Cc1cc(-c2ccnc3[nH]cc(F)c23)cc(F)c1C1(O)[C@H](C)CN(C(=O)[C@@H]2C[C@H](O)CN2)C[C@@H]1C. The lowest BCUT2D eigenvalue weighted by Crippen LogP contribution is -2.58. The van der Waals surface area contributed by atoms with Gasteiger partial charge in [0.25, 0.3) is 0 Å². The largest absolute Gasteiger partial charge is 0.392 e. The molecular weight excluding hydrogens is 454 g/mol. The fourth-order valence-electron chi connectivity index (χ4n) is 5.96. The molecule has 5 rings (SSSR count). The number of hydrogen-bond donors (Lipinski definition) is 4. The van der Waals surface area contributed by atoms with Crippen LogP contribution < -0.4 is 5.32 Å². The van der Waals surface area contributed by atoms with Crippen molar-refractivity contribution in [2.75, 3.05) is 19.6 Å². The molecule has 5 atom stereocenters. The van der Waals surface area contributed by atoms with Crippen LogP contribution in [0.1, 0.15) is 31.4 Å². The van der Waals surface area contributed by atoms with Gasteiger partial charge in [-0.2, -0.15) is 0 Å². The Hall–Kier alpha value is -2.88. The fourth-order valence-corrected chi connectivity index (χ4v) is 5.96. The number of fused-ring (bicyclic) bond motifs is 1. The zero-order chi connectivity index (χ0) is 25.1. The molecule has 1 amide bonds. The summed E-state index contributed by atoms with van der Waals surface area (Å²) in [6, 6.07) is 4.30. The van der Waals surface area contributed by atoms with E-state index in [1.807, 2.05) is 13.8 Å². The number of pyridine rings is 1. The number of piperidine rings is 1. The van der Waals surface area contributed by atoms with Crippen molar-refractivity contribution < 1.29 is 23.8 Å². The number of benzene rings is 1. The molecular formula is C26H30F2N4O3. The molecule has 2 aliphatic heterocycles. The third-order valence-corrected chi connectivity index (χ3v) is 7.73. The Morgan fingerprint density at radius 3 is 2.54 bits per heavy atom. The highest BCUT2D eigenvalue weighted by Gasteiger charge is 2.49. The van der Waals surface area contributed by atoms with E-state index in [1.165, 1.54) is 18.5 Å². The van der Waals surface area contributed by atoms with Gasteiger partial charge in [-0.05, 0) is 42.2 Å². The van der Waals surface area contributed by atoms with E-state index >= 15 is 4.39 Å². The number of aliphatic hydroxyl groups is 2. The van der Waals surface area contributed by atoms with Gasteiger partial charge in [0.05, 0.1) is 17.5 Å². The molecule has 1 aromatic carbocycles. The first-order valence-electron chi connectivity index (χ1n) is 12.0. The monoisotopic (exact) mass is 484 g/mol. The average molecular weight is 485 g/mol. The van der Waals surface area contributed by atoms with Gasteiger partial charge in [-0.3, -0.25) is 4.79 Å². The number of carbonyl (C=O) groups excluding carboxylic acids is 1. The molecule has 0 bridgehead atoms. The first-order valence-corrected chi connectivity index (χ1v) is 12.0. The zero-order valence-electron chi connectivity index (χ0n) is 20.0. The average Bonchev–Trinajstić information content (AvgIpc) is 3.42. The van der Waals surface area contributed by atoms with Crippen molar-refractivity contribution in [2.24, 2.45) is 11.8 Å². The molecule has 9 heteroatoms. The minimum atomic E-state index is -1.49. The molecule has 3 aromatic rings. The normalized spacial score (nSPS) is 29.2. The summed E-state index contributed by atoms with van der Waals surface area (Å²) < 4.78 is 30.2. The summed E-state index contributed by atoms with van der Waals surface area (Å²) in [5, 5.41) is 25.0. The maximum absolute atomic E-state index is 15.7. The van der Waals surface area contributed by atoms with Gasteiger partial charge < -0.3 is 25.4 Å². The summed E-state index contributed by atoms with van der Waals surface area (Å²) >= 11 is 0. The Morgan fingerprint density at radius 1 is 1.20 bits per heavy atom. The van der Waals surface area contributed by atoms with Crippen LogP contribution in [-0.4, -0.2) is 62.8 Å². The van der Waals surface area contributed by atoms with Crippen LogP contribution in [0.3, 0.4) is 0 Å². The van der Waals surface area contributed by atoms with E-state index in [0.717, 1.165) is 0 Å². The summed E-state index contributed by atoms with van der Waals surface area (Å²) in [6.45, 7) is 6.31. The van der Waals surface area contributed by atoms with Gasteiger partial charge in [-0.25, -0.2) is 13.8 Å². The van der Waals surface area contributed by atoms with Crippen LogP contribution in [0.4, 0.5) is 8.78 Å². The highest BCUT2D eigenvalue weighted by atomic mass is 19.1. The van der Waals surface area contributed by atoms with Gasteiger partial charge in [0, 0.05) is 49.4 Å². The lowest BCUT2D eigenvalue weighted by molar-refractivity contribution is -0.151. The van der Waals surface area contributed by atoms with Crippen molar-refractivity contribution in [3.63, 3.8) is 0 Å². The first kappa shape index (κ1) is 23.8. The van der Waals surface area contributed by atoms with Crippen LogP contribution in [0.25, 0.3) is 22.2 Å². The molecule has 2 aromatic heterocycles. The van der Waals surface area contributed by atoms with Crippen molar-refractivity contribution in [2.45, 2.75) is 44.9 Å². The number of likely N-dealkylation sites (tertiary alicyclic amines) is 1. The number of halogens is 2. The second-order valence-electron chi connectivity index (χ2n) is 10.1. The van der Waals surface area contributed by atoms with Crippen LogP contribution in [0, 0.1) is 30.4 Å². The number of aliphatic hydroxyl groups excluding tert-OH is 1. The summed E-state index contributed by atoms with van der Waals surface area (Å²) in [5.41, 5.74) is 0.674. The number of H-pyrrole nitrogens is 1. The Balaban J connectivity index is 1.48. The number of aryl methyl sites for hydroxylation is 1. The zero-order valence-corrected chi connectivity index (χ0v) is 20.0. The second-order valence-corrected chi connectivity index (χ2v) is 10.1. The third-order valence-electron chi connectivity index (χ3n) is 7.73. The Labute approximate surface area is 202 Å².